The fourth-order valence-corrected chi connectivity index (χ4v) is 4.61. The molecule has 0 bridgehead atoms. The van der Waals surface area contributed by atoms with E-state index in [1.165, 1.54) is 0 Å². The van der Waals surface area contributed by atoms with Crippen LogP contribution in [0.3, 0.4) is 0 Å². The minimum absolute atomic E-state index is 0.626. The quantitative estimate of drug-likeness (QED) is 0.664. The Hall–Kier alpha value is 0.778. The van der Waals surface area contributed by atoms with Gasteiger partial charge in [-0.1, -0.05) is 0 Å². The molecule has 0 aliphatic carbocycles. The summed E-state index contributed by atoms with van der Waals surface area (Å²) in [5.41, 5.74) is 0. The predicted molar refractivity (Wildman–Crippen MR) is 54.4 cm³/mol. The zero-order chi connectivity index (χ0) is 8.10. The first-order valence-corrected chi connectivity index (χ1v) is 7.01. The summed E-state index contributed by atoms with van der Waals surface area (Å²) in [5, 5.41) is 0. The molecule has 0 radical (unpaired) electrons. The molecule has 0 atom stereocenters. The van der Waals surface area contributed by atoms with Crippen LogP contribution >= 0.6 is 0 Å². The van der Waals surface area contributed by atoms with Crippen molar-refractivity contribution >= 4 is 55.5 Å². The van der Waals surface area contributed by atoms with Crippen molar-refractivity contribution in [1.29, 1.82) is 0 Å². The molecule has 0 amide bonds. The number of hydrogen-bond acceptors (Lipinski definition) is 0. The SMILES string of the molecule is [Se]=CCc1ccc(CC=[Se])[se]1. The summed E-state index contributed by atoms with van der Waals surface area (Å²) >= 11 is 6.47. The Labute approximate surface area is 88.8 Å². The fraction of sp³-hybridized carbons (Fsp3) is 0.250. The molecule has 0 aromatic carbocycles. The van der Waals surface area contributed by atoms with Crippen LogP contribution in [0.5, 0.6) is 0 Å². The Balaban J connectivity index is 2.64. The van der Waals surface area contributed by atoms with Gasteiger partial charge in [-0.05, 0) is 0 Å². The molecule has 1 heterocycles. The third kappa shape index (κ3) is 3.34. The van der Waals surface area contributed by atoms with E-state index in [9.17, 15) is 0 Å². The first-order chi connectivity index (χ1) is 5.36. The second-order valence-electron chi connectivity index (χ2n) is 2.11. The van der Waals surface area contributed by atoms with Gasteiger partial charge in [0.25, 0.3) is 0 Å². The first kappa shape index (κ1) is 9.86. The van der Waals surface area contributed by atoms with E-state index in [0.29, 0.717) is 14.5 Å². The molecule has 11 heavy (non-hydrogen) atoms. The Kier molecular flexibility index (Phi) is 4.87. The van der Waals surface area contributed by atoms with Crippen LogP contribution in [-0.4, -0.2) is 55.5 Å². The summed E-state index contributed by atoms with van der Waals surface area (Å²) in [6, 6.07) is 4.51. The fourth-order valence-electron chi connectivity index (χ4n) is 0.806. The van der Waals surface area contributed by atoms with Crippen LogP contribution in [0, 0.1) is 0 Å². The van der Waals surface area contributed by atoms with Crippen LogP contribution in [0.1, 0.15) is 8.87 Å². The monoisotopic (exact) mass is 344 g/mol. The van der Waals surface area contributed by atoms with Gasteiger partial charge in [-0.15, -0.1) is 0 Å². The molecule has 0 saturated heterocycles. The second kappa shape index (κ2) is 5.43. The van der Waals surface area contributed by atoms with E-state index >= 15 is 0 Å². The van der Waals surface area contributed by atoms with Gasteiger partial charge in [0.2, 0.25) is 0 Å². The van der Waals surface area contributed by atoms with E-state index in [0.717, 1.165) is 12.8 Å². The normalized spacial score (nSPS) is 9.45. The van der Waals surface area contributed by atoms with Gasteiger partial charge in [-0.2, -0.15) is 0 Å². The maximum atomic E-state index is 2.92. The summed E-state index contributed by atoms with van der Waals surface area (Å²) in [7, 11) is 0. The van der Waals surface area contributed by atoms with Gasteiger partial charge < -0.3 is 0 Å². The van der Waals surface area contributed by atoms with Crippen LogP contribution < -0.4 is 0 Å². The van der Waals surface area contributed by atoms with Gasteiger partial charge in [0.1, 0.15) is 0 Å². The summed E-state index contributed by atoms with van der Waals surface area (Å²) < 4.78 is 3.15. The minimum atomic E-state index is 0.626. The Morgan fingerprint density at radius 1 is 1.09 bits per heavy atom. The first-order valence-electron chi connectivity index (χ1n) is 3.31. The van der Waals surface area contributed by atoms with Crippen molar-refractivity contribution in [1.82, 2.24) is 0 Å². The van der Waals surface area contributed by atoms with E-state index < -0.39 is 0 Å². The summed E-state index contributed by atoms with van der Waals surface area (Å²) in [4.78, 5) is 4.21. The summed E-state index contributed by atoms with van der Waals surface area (Å²) in [5.74, 6) is 0. The molecule has 0 unspecified atom stereocenters. The third-order valence-electron chi connectivity index (χ3n) is 1.29. The molecular formula is C8H8Se3. The van der Waals surface area contributed by atoms with Crippen molar-refractivity contribution in [2.45, 2.75) is 12.8 Å². The molecule has 0 N–H and O–H groups in total. The molecule has 1 aromatic heterocycles. The van der Waals surface area contributed by atoms with Crippen LogP contribution in [-0.2, 0) is 12.8 Å². The van der Waals surface area contributed by atoms with Crippen molar-refractivity contribution in [3.05, 3.63) is 21.0 Å². The predicted octanol–water partition coefficient (Wildman–Crippen LogP) is -0.230. The van der Waals surface area contributed by atoms with Crippen molar-refractivity contribution < 1.29 is 0 Å². The van der Waals surface area contributed by atoms with Gasteiger partial charge in [0.15, 0.2) is 0 Å². The molecule has 0 nitrogen and oxygen atoms in total. The van der Waals surface area contributed by atoms with E-state index in [4.69, 9.17) is 0 Å². The topological polar surface area (TPSA) is 0 Å². The molecule has 0 aliphatic rings. The van der Waals surface area contributed by atoms with Crippen LogP contribution in [0.25, 0.3) is 0 Å². The average molecular weight is 341 g/mol. The van der Waals surface area contributed by atoms with E-state index in [-0.39, 0.29) is 0 Å². The molecule has 0 saturated carbocycles. The van der Waals surface area contributed by atoms with Gasteiger partial charge in [-0.3, -0.25) is 0 Å². The van der Waals surface area contributed by atoms with Crippen molar-refractivity contribution in [3.63, 3.8) is 0 Å². The van der Waals surface area contributed by atoms with Crippen LogP contribution in [0.15, 0.2) is 12.1 Å². The molecule has 0 aliphatic heterocycles. The molecule has 0 fully saturated rings. The van der Waals surface area contributed by atoms with E-state index in [2.05, 4.69) is 53.1 Å². The van der Waals surface area contributed by atoms with Gasteiger partial charge in [-0.25, -0.2) is 0 Å². The molecule has 0 spiro atoms. The summed E-state index contributed by atoms with van der Waals surface area (Å²) in [6.45, 7) is 0. The van der Waals surface area contributed by atoms with E-state index in [1.54, 1.807) is 8.87 Å². The molecule has 58 valence electrons. The molecule has 1 aromatic rings. The van der Waals surface area contributed by atoms with Gasteiger partial charge >= 0.3 is 89.3 Å². The third-order valence-corrected chi connectivity index (χ3v) is 4.36. The zero-order valence-electron chi connectivity index (χ0n) is 5.95. The maximum absolute atomic E-state index is 2.92. The van der Waals surface area contributed by atoms with E-state index in [1.807, 2.05) is 0 Å². The van der Waals surface area contributed by atoms with Crippen LogP contribution in [0.4, 0.5) is 0 Å². The van der Waals surface area contributed by atoms with Gasteiger partial charge in [0.05, 0.1) is 0 Å². The summed E-state index contributed by atoms with van der Waals surface area (Å²) in [6.07, 6.45) is 2.24. The Morgan fingerprint density at radius 3 is 1.91 bits per heavy atom. The number of rotatable bonds is 4. The van der Waals surface area contributed by atoms with Gasteiger partial charge in [0, 0.05) is 0 Å². The van der Waals surface area contributed by atoms with Crippen molar-refractivity contribution in [2.24, 2.45) is 0 Å². The Morgan fingerprint density at radius 2 is 1.55 bits per heavy atom. The molecular weight excluding hydrogens is 333 g/mol. The van der Waals surface area contributed by atoms with Crippen molar-refractivity contribution in [3.8, 4) is 0 Å². The molecule has 3 heteroatoms. The van der Waals surface area contributed by atoms with Crippen molar-refractivity contribution in [2.75, 3.05) is 0 Å². The zero-order valence-corrected chi connectivity index (χ0v) is 11.1. The average Bonchev–Trinajstić information content (AvgIpc) is 2.38. The second-order valence-corrected chi connectivity index (χ2v) is 6.14. The number of hydrogen-bond donors (Lipinski definition) is 0. The Bertz CT molecular complexity index is 225. The molecule has 1 rings (SSSR count). The van der Waals surface area contributed by atoms with Crippen LogP contribution in [0.2, 0.25) is 0 Å². The standard InChI is InChI=1S/C8H8Se3/c9-5-3-7-1-2-8(11-7)4-6-10/h1-2,5-6H,3-4H2.